The molecular formula is C20H30N2O6. The zero-order valence-corrected chi connectivity index (χ0v) is 16.6. The van der Waals surface area contributed by atoms with Crippen LogP contribution in [0.4, 0.5) is 4.79 Å². The molecule has 1 atom stereocenters. The number of nitrogens with two attached hydrogens (primary N) is 1. The maximum atomic E-state index is 12.2. The third kappa shape index (κ3) is 7.96. The van der Waals surface area contributed by atoms with Crippen LogP contribution in [0.2, 0.25) is 0 Å². The average Bonchev–Trinajstić information content (AvgIpc) is 2.71. The van der Waals surface area contributed by atoms with Crippen molar-refractivity contribution in [1.29, 1.82) is 0 Å². The number of methoxy groups -OCH3 is 1. The molecule has 1 rings (SSSR count). The zero-order chi connectivity index (χ0) is 20.8. The Morgan fingerprint density at radius 1 is 1.04 bits per heavy atom. The minimum atomic E-state index is -1.84. The van der Waals surface area contributed by atoms with E-state index in [0.29, 0.717) is 25.8 Å². The molecule has 28 heavy (non-hydrogen) atoms. The third-order valence-electron chi connectivity index (χ3n) is 4.12. The van der Waals surface area contributed by atoms with Crippen LogP contribution in [0, 0.1) is 0 Å². The maximum Gasteiger partial charge on any atom is 0.407 e. The van der Waals surface area contributed by atoms with Gasteiger partial charge in [0.1, 0.15) is 6.61 Å². The molecule has 8 nitrogen and oxygen atoms in total. The van der Waals surface area contributed by atoms with Crippen molar-refractivity contribution < 1.29 is 28.6 Å². The number of esters is 2. The van der Waals surface area contributed by atoms with Crippen molar-refractivity contribution in [1.82, 2.24) is 5.32 Å². The number of rotatable bonds is 12. The lowest BCUT2D eigenvalue weighted by molar-refractivity contribution is -0.163. The maximum absolute atomic E-state index is 12.2. The monoisotopic (exact) mass is 394 g/mol. The van der Waals surface area contributed by atoms with E-state index in [0.717, 1.165) is 12.0 Å². The number of hydrogen-bond donors (Lipinski definition) is 2. The van der Waals surface area contributed by atoms with Crippen molar-refractivity contribution >= 4 is 18.0 Å². The number of carbonyl (C=O) groups is 3. The van der Waals surface area contributed by atoms with Gasteiger partial charge in [-0.15, -0.1) is 0 Å². The molecule has 0 spiro atoms. The van der Waals surface area contributed by atoms with E-state index < -0.39 is 23.6 Å². The predicted molar refractivity (Wildman–Crippen MR) is 103 cm³/mol. The molecular weight excluding hydrogens is 364 g/mol. The fraction of sp³-hybridized carbons (Fsp3) is 0.550. The molecule has 0 saturated carbocycles. The summed E-state index contributed by atoms with van der Waals surface area (Å²) in [4.78, 5) is 35.8. The van der Waals surface area contributed by atoms with Gasteiger partial charge in [-0.05, 0) is 31.2 Å². The number of alkyl carbamates (subject to hydrolysis) is 1. The van der Waals surface area contributed by atoms with Crippen LogP contribution in [0.3, 0.4) is 0 Å². The average molecular weight is 394 g/mol. The number of amides is 1. The SMILES string of the molecule is CCCCOC(=O)[C@](N)(CCCCNC(=O)OCc1ccccc1)C(=O)OC. The van der Waals surface area contributed by atoms with Crippen LogP contribution in [0.5, 0.6) is 0 Å². The summed E-state index contributed by atoms with van der Waals surface area (Å²) < 4.78 is 14.8. The first-order valence-corrected chi connectivity index (χ1v) is 9.43. The Balaban J connectivity index is 2.33. The molecule has 0 unspecified atom stereocenters. The van der Waals surface area contributed by atoms with Crippen molar-refractivity contribution in [3.05, 3.63) is 35.9 Å². The molecule has 0 heterocycles. The number of carbonyl (C=O) groups excluding carboxylic acids is 3. The molecule has 0 bridgehead atoms. The Morgan fingerprint density at radius 2 is 1.75 bits per heavy atom. The van der Waals surface area contributed by atoms with Crippen LogP contribution in [-0.2, 0) is 30.4 Å². The normalized spacial score (nSPS) is 12.5. The van der Waals surface area contributed by atoms with E-state index in [1.54, 1.807) is 0 Å². The molecule has 0 aromatic heterocycles. The van der Waals surface area contributed by atoms with Crippen molar-refractivity contribution in [3.8, 4) is 0 Å². The van der Waals surface area contributed by atoms with E-state index in [4.69, 9.17) is 15.2 Å². The highest BCUT2D eigenvalue weighted by molar-refractivity contribution is 6.04. The van der Waals surface area contributed by atoms with Gasteiger partial charge in [-0.25, -0.2) is 14.4 Å². The summed E-state index contributed by atoms with van der Waals surface area (Å²) in [5.74, 6) is -1.62. The van der Waals surface area contributed by atoms with E-state index in [2.05, 4.69) is 10.1 Å². The highest BCUT2D eigenvalue weighted by atomic mass is 16.6. The van der Waals surface area contributed by atoms with Gasteiger partial charge in [0, 0.05) is 6.54 Å². The van der Waals surface area contributed by atoms with Crippen LogP contribution < -0.4 is 11.1 Å². The van der Waals surface area contributed by atoms with E-state index in [-0.39, 0.29) is 19.6 Å². The Hall–Kier alpha value is -2.61. The molecule has 1 aromatic carbocycles. The van der Waals surface area contributed by atoms with Crippen LogP contribution in [0.1, 0.15) is 44.6 Å². The van der Waals surface area contributed by atoms with Gasteiger partial charge < -0.3 is 25.3 Å². The molecule has 0 aliphatic rings. The minimum Gasteiger partial charge on any atom is -0.467 e. The van der Waals surface area contributed by atoms with Gasteiger partial charge >= 0.3 is 18.0 Å². The molecule has 1 aromatic rings. The lowest BCUT2D eigenvalue weighted by atomic mass is 9.93. The summed E-state index contributed by atoms with van der Waals surface area (Å²) in [6, 6.07) is 9.34. The largest absolute Gasteiger partial charge is 0.467 e. The summed E-state index contributed by atoms with van der Waals surface area (Å²) in [5.41, 5.74) is 5.03. The number of hydrogen-bond acceptors (Lipinski definition) is 7. The fourth-order valence-corrected chi connectivity index (χ4v) is 2.40. The van der Waals surface area contributed by atoms with Crippen LogP contribution in [-0.4, -0.2) is 43.8 Å². The Bertz CT molecular complexity index is 622. The van der Waals surface area contributed by atoms with Gasteiger partial charge in [-0.2, -0.15) is 0 Å². The van der Waals surface area contributed by atoms with E-state index in [9.17, 15) is 14.4 Å². The lowest BCUT2D eigenvalue weighted by Gasteiger charge is -2.24. The van der Waals surface area contributed by atoms with Gasteiger partial charge in [-0.3, -0.25) is 0 Å². The first-order chi connectivity index (χ1) is 13.4. The molecule has 3 N–H and O–H groups in total. The number of ether oxygens (including phenoxy) is 3. The van der Waals surface area contributed by atoms with Gasteiger partial charge in [0.05, 0.1) is 13.7 Å². The highest BCUT2D eigenvalue weighted by Crippen LogP contribution is 2.16. The summed E-state index contributed by atoms with van der Waals surface area (Å²) in [7, 11) is 1.17. The van der Waals surface area contributed by atoms with Crippen molar-refractivity contribution in [2.75, 3.05) is 20.3 Å². The Kier molecular flexibility index (Phi) is 10.6. The fourth-order valence-electron chi connectivity index (χ4n) is 2.40. The molecule has 8 heteroatoms. The molecule has 0 saturated heterocycles. The van der Waals surface area contributed by atoms with E-state index >= 15 is 0 Å². The van der Waals surface area contributed by atoms with Crippen LogP contribution in [0.25, 0.3) is 0 Å². The quantitative estimate of drug-likeness (QED) is 0.242. The summed E-state index contributed by atoms with van der Waals surface area (Å²) in [6.45, 7) is 2.68. The van der Waals surface area contributed by atoms with Crippen LogP contribution >= 0.6 is 0 Å². The molecule has 0 radical (unpaired) electrons. The van der Waals surface area contributed by atoms with E-state index in [1.165, 1.54) is 7.11 Å². The molecule has 0 fully saturated rings. The molecule has 0 aliphatic heterocycles. The predicted octanol–water partition coefficient (Wildman–Crippen LogP) is 2.30. The second-order valence-electron chi connectivity index (χ2n) is 6.40. The summed E-state index contributed by atoms with van der Waals surface area (Å²) in [6.07, 6.45) is 2.01. The summed E-state index contributed by atoms with van der Waals surface area (Å²) >= 11 is 0. The standard InChI is InChI=1S/C20H30N2O6/c1-3-4-14-27-18(24)20(21,17(23)26-2)12-8-9-13-22-19(25)28-15-16-10-6-5-7-11-16/h5-7,10-11H,3-4,8-9,12-15,21H2,1-2H3,(H,22,25)/t20-/m0/s1. The Morgan fingerprint density at radius 3 is 2.39 bits per heavy atom. The van der Waals surface area contributed by atoms with Gasteiger partial charge in [0.2, 0.25) is 5.54 Å². The van der Waals surface area contributed by atoms with Crippen molar-refractivity contribution in [3.63, 3.8) is 0 Å². The zero-order valence-electron chi connectivity index (χ0n) is 16.6. The minimum absolute atomic E-state index is 0.0609. The van der Waals surface area contributed by atoms with Gasteiger partial charge in [0.25, 0.3) is 0 Å². The Labute approximate surface area is 165 Å². The smallest absolute Gasteiger partial charge is 0.407 e. The molecule has 1 amide bonds. The second kappa shape index (κ2) is 12.7. The number of nitrogens with one attached hydrogen (secondary N) is 1. The van der Waals surface area contributed by atoms with E-state index in [1.807, 2.05) is 37.3 Å². The van der Waals surface area contributed by atoms with Crippen molar-refractivity contribution in [2.24, 2.45) is 5.73 Å². The number of unbranched alkanes of at least 4 members (excludes halogenated alkanes) is 2. The molecule has 0 aliphatic carbocycles. The third-order valence-corrected chi connectivity index (χ3v) is 4.12. The van der Waals surface area contributed by atoms with Crippen LogP contribution in [0.15, 0.2) is 30.3 Å². The lowest BCUT2D eigenvalue weighted by Crippen LogP contribution is -2.56. The molecule has 156 valence electrons. The first-order valence-electron chi connectivity index (χ1n) is 9.43. The van der Waals surface area contributed by atoms with Gasteiger partial charge in [-0.1, -0.05) is 43.7 Å². The second-order valence-corrected chi connectivity index (χ2v) is 6.40. The highest BCUT2D eigenvalue weighted by Gasteiger charge is 2.44. The number of benzene rings is 1. The van der Waals surface area contributed by atoms with Gasteiger partial charge in [0.15, 0.2) is 0 Å². The first kappa shape index (κ1) is 23.4. The topological polar surface area (TPSA) is 117 Å². The van der Waals surface area contributed by atoms with Crippen molar-refractivity contribution in [2.45, 2.75) is 51.2 Å². The summed E-state index contributed by atoms with van der Waals surface area (Å²) in [5, 5.41) is 2.62.